The number of rotatable bonds is 3. The Morgan fingerprint density at radius 1 is 1.17 bits per heavy atom. The molecule has 2 aromatic carbocycles. The van der Waals surface area contributed by atoms with Crippen molar-refractivity contribution in [1.82, 2.24) is 0 Å². The molecule has 0 aliphatic rings. The predicted molar refractivity (Wildman–Crippen MR) is 76.5 cm³/mol. The van der Waals surface area contributed by atoms with Crippen LogP contribution in [0.25, 0.3) is 0 Å². The van der Waals surface area contributed by atoms with E-state index in [9.17, 15) is 4.39 Å². The van der Waals surface area contributed by atoms with Crippen LogP contribution in [-0.4, -0.2) is 7.05 Å². The quantitative estimate of drug-likeness (QED) is 0.934. The van der Waals surface area contributed by atoms with Crippen LogP contribution in [0.1, 0.15) is 5.56 Å². The minimum atomic E-state index is -0.232. The van der Waals surface area contributed by atoms with E-state index >= 15 is 0 Å². The average Bonchev–Trinajstić information content (AvgIpc) is 2.38. The van der Waals surface area contributed by atoms with Crippen LogP contribution >= 0.6 is 15.9 Å². The molecule has 0 saturated heterocycles. The van der Waals surface area contributed by atoms with Crippen molar-refractivity contribution in [3.05, 3.63) is 58.3 Å². The van der Waals surface area contributed by atoms with Gasteiger partial charge in [-0.25, -0.2) is 4.39 Å². The zero-order valence-electron chi connectivity index (χ0n) is 10.0. The van der Waals surface area contributed by atoms with Crippen molar-refractivity contribution < 1.29 is 4.39 Å². The standard InChI is InChI=1S/C14H14BrFN2/c1-18(12-5-3-11(16)4-6-12)14-7-2-10(9-17)8-13(14)15/h2-8H,9,17H2,1H3. The van der Waals surface area contributed by atoms with E-state index in [1.807, 2.05) is 30.1 Å². The third-order valence-electron chi connectivity index (χ3n) is 2.82. The highest BCUT2D eigenvalue weighted by atomic mass is 79.9. The molecule has 0 heterocycles. The number of hydrogen-bond acceptors (Lipinski definition) is 2. The third kappa shape index (κ3) is 2.71. The summed E-state index contributed by atoms with van der Waals surface area (Å²) in [5.41, 5.74) is 8.61. The fourth-order valence-corrected chi connectivity index (χ4v) is 2.45. The van der Waals surface area contributed by atoms with Crippen molar-refractivity contribution in [3.8, 4) is 0 Å². The van der Waals surface area contributed by atoms with E-state index in [0.29, 0.717) is 6.54 Å². The summed E-state index contributed by atoms with van der Waals surface area (Å²) >= 11 is 3.53. The van der Waals surface area contributed by atoms with Gasteiger partial charge in [-0.1, -0.05) is 6.07 Å². The topological polar surface area (TPSA) is 29.3 Å². The van der Waals surface area contributed by atoms with Gasteiger partial charge in [-0.3, -0.25) is 0 Å². The molecular weight excluding hydrogens is 295 g/mol. The van der Waals surface area contributed by atoms with Crippen molar-refractivity contribution in [1.29, 1.82) is 0 Å². The Kier molecular flexibility index (Phi) is 3.99. The van der Waals surface area contributed by atoms with E-state index in [0.717, 1.165) is 21.4 Å². The molecule has 4 heteroatoms. The summed E-state index contributed by atoms with van der Waals surface area (Å²) in [6.07, 6.45) is 0. The molecule has 2 rings (SSSR count). The molecule has 0 aliphatic carbocycles. The number of halogens is 2. The van der Waals surface area contributed by atoms with Gasteiger partial charge >= 0.3 is 0 Å². The molecule has 0 fully saturated rings. The molecule has 2 nitrogen and oxygen atoms in total. The largest absolute Gasteiger partial charge is 0.344 e. The van der Waals surface area contributed by atoms with Crippen molar-refractivity contribution in [2.75, 3.05) is 11.9 Å². The van der Waals surface area contributed by atoms with Gasteiger partial charge in [0.2, 0.25) is 0 Å². The maximum atomic E-state index is 12.9. The van der Waals surface area contributed by atoms with Crippen LogP contribution in [0.3, 0.4) is 0 Å². The van der Waals surface area contributed by atoms with Crippen LogP contribution in [0.5, 0.6) is 0 Å². The van der Waals surface area contributed by atoms with Crippen LogP contribution in [0.4, 0.5) is 15.8 Å². The van der Waals surface area contributed by atoms with E-state index < -0.39 is 0 Å². The second kappa shape index (κ2) is 5.50. The molecular formula is C14H14BrFN2. The van der Waals surface area contributed by atoms with Crippen LogP contribution in [0, 0.1) is 5.82 Å². The summed E-state index contributed by atoms with van der Waals surface area (Å²) in [7, 11) is 1.94. The molecule has 0 radical (unpaired) electrons. The Bertz CT molecular complexity index is 540. The van der Waals surface area contributed by atoms with Crippen LogP contribution in [-0.2, 0) is 6.54 Å². The van der Waals surface area contributed by atoms with Crippen molar-refractivity contribution in [3.63, 3.8) is 0 Å². The van der Waals surface area contributed by atoms with E-state index in [1.54, 1.807) is 12.1 Å². The SMILES string of the molecule is CN(c1ccc(F)cc1)c1ccc(CN)cc1Br. The van der Waals surface area contributed by atoms with Gasteiger partial charge < -0.3 is 10.6 Å². The van der Waals surface area contributed by atoms with E-state index in [-0.39, 0.29) is 5.82 Å². The lowest BCUT2D eigenvalue weighted by molar-refractivity contribution is 0.628. The number of nitrogens with zero attached hydrogens (tertiary/aromatic N) is 1. The Morgan fingerprint density at radius 2 is 1.83 bits per heavy atom. The molecule has 94 valence electrons. The van der Waals surface area contributed by atoms with E-state index in [1.165, 1.54) is 12.1 Å². The van der Waals surface area contributed by atoms with Gasteiger partial charge in [0.15, 0.2) is 0 Å². The third-order valence-corrected chi connectivity index (χ3v) is 3.46. The fourth-order valence-electron chi connectivity index (χ4n) is 1.75. The summed E-state index contributed by atoms with van der Waals surface area (Å²) in [5, 5.41) is 0. The van der Waals surface area contributed by atoms with Gasteiger partial charge in [0.05, 0.1) is 5.69 Å². The highest BCUT2D eigenvalue weighted by molar-refractivity contribution is 9.10. The zero-order chi connectivity index (χ0) is 13.1. The molecule has 0 atom stereocenters. The molecule has 2 aromatic rings. The van der Waals surface area contributed by atoms with E-state index in [4.69, 9.17) is 5.73 Å². The number of benzene rings is 2. The normalized spacial score (nSPS) is 10.4. The van der Waals surface area contributed by atoms with Gasteiger partial charge in [-0.15, -0.1) is 0 Å². The predicted octanol–water partition coefficient (Wildman–Crippen LogP) is 3.81. The minimum Gasteiger partial charge on any atom is -0.344 e. The lowest BCUT2D eigenvalue weighted by Gasteiger charge is -2.21. The molecule has 0 spiro atoms. The molecule has 18 heavy (non-hydrogen) atoms. The molecule has 0 aliphatic heterocycles. The molecule has 0 aromatic heterocycles. The second-order valence-electron chi connectivity index (χ2n) is 4.03. The van der Waals surface area contributed by atoms with Crippen molar-refractivity contribution >= 4 is 27.3 Å². The summed E-state index contributed by atoms with van der Waals surface area (Å²) < 4.78 is 13.9. The van der Waals surface area contributed by atoms with Gasteiger partial charge in [0.25, 0.3) is 0 Å². The Hall–Kier alpha value is -1.39. The lowest BCUT2D eigenvalue weighted by Crippen LogP contribution is -2.10. The average molecular weight is 309 g/mol. The first kappa shape index (κ1) is 13.1. The minimum absolute atomic E-state index is 0.232. The van der Waals surface area contributed by atoms with Crippen molar-refractivity contribution in [2.45, 2.75) is 6.54 Å². The first-order valence-electron chi connectivity index (χ1n) is 5.59. The van der Waals surface area contributed by atoms with Gasteiger partial charge in [-0.05, 0) is 57.9 Å². The molecule has 0 amide bonds. The lowest BCUT2D eigenvalue weighted by atomic mass is 10.2. The molecule has 2 N–H and O–H groups in total. The van der Waals surface area contributed by atoms with Crippen molar-refractivity contribution in [2.24, 2.45) is 5.73 Å². The van der Waals surface area contributed by atoms with Crippen LogP contribution < -0.4 is 10.6 Å². The monoisotopic (exact) mass is 308 g/mol. The number of anilines is 2. The highest BCUT2D eigenvalue weighted by Crippen LogP contribution is 2.31. The second-order valence-corrected chi connectivity index (χ2v) is 4.88. The summed E-state index contributed by atoms with van der Waals surface area (Å²) in [6, 6.07) is 12.4. The maximum absolute atomic E-state index is 12.9. The highest BCUT2D eigenvalue weighted by Gasteiger charge is 2.08. The molecule has 0 saturated carbocycles. The first-order chi connectivity index (χ1) is 8.61. The van der Waals surface area contributed by atoms with E-state index in [2.05, 4.69) is 15.9 Å². The van der Waals surface area contributed by atoms with Crippen LogP contribution in [0.2, 0.25) is 0 Å². The van der Waals surface area contributed by atoms with Gasteiger partial charge in [0, 0.05) is 23.8 Å². The zero-order valence-corrected chi connectivity index (χ0v) is 11.6. The summed E-state index contributed by atoms with van der Waals surface area (Å²) in [5.74, 6) is -0.232. The first-order valence-corrected chi connectivity index (χ1v) is 6.39. The summed E-state index contributed by atoms with van der Waals surface area (Å²) in [4.78, 5) is 1.99. The Morgan fingerprint density at radius 3 is 2.39 bits per heavy atom. The number of hydrogen-bond donors (Lipinski definition) is 1. The molecule has 0 unspecified atom stereocenters. The van der Waals surface area contributed by atoms with Crippen LogP contribution in [0.15, 0.2) is 46.9 Å². The Labute approximate surface area is 114 Å². The van der Waals surface area contributed by atoms with Gasteiger partial charge in [-0.2, -0.15) is 0 Å². The fraction of sp³-hybridized carbons (Fsp3) is 0.143. The Balaban J connectivity index is 2.33. The summed E-state index contributed by atoms with van der Waals surface area (Å²) in [6.45, 7) is 0.513. The molecule has 0 bridgehead atoms. The van der Waals surface area contributed by atoms with Gasteiger partial charge in [0.1, 0.15) is 5.82 Å². The number of nitrogens with two attached hydrogens (primary N) is 1. The smallest absolute Gasteiger partial charge is 0.123 e. The maximum Gasteiger partial charge on any atom is 0.123 e.